The Labute approximate surface area is 98.1 Å². The highest BCUT2D eigenvalue weighted by atomic mass is 16.1. The molecule has 0 fully saturated rings. The predicted octanol–water partition coefficient (Wildman–Crippen LogP) is 2.99. The normalized spacial score (nSPS) is 12.5. The van der Waals surface area contributed by atoms with Gasteiger partial charge in [-0.05, 0) is 17.4 Å². The van der Waals surface area contributed by atoms with E-state index in [-0.39, 0.29) is 5.91 Å². The Morgan fingerprint density at radius 1 is 1.19 bits per heavy atom. The molecule has 2 nitrogen and oxygen atoms in total. The highest BCUT2D eigenvalue weighted by Crippen LogP contribution is 2.13. The van der Waals surface area contributed by atoms with Crippen LogP contribution in [0.5, 0.6) is 0 Å². The second-order valence-corrected chi connectivity index (χ2v) is 4.69. The van der Waals surface area contributed by atoms with Crippen molar-refractivity contribution in [1.82, 2.24) is 5.32 Å². The van der Waals surface area contributed by atoms with Crippen molar-refractivity contribution < 1.29 is 4.79 Å². The topological polar surface area (TPSA) is 29.1 Å². The van der Waals surface area contributed by atoms with Crippen LogP contribution in [0.2, 0.25) is 0 Å². The van der Waals surface area contributed by atoms with Gasteiger partial charge in [-0.3, -0.25) is 4.79 Å². The highest BCUT2D eigenvalue weighted by Gasteiger charge is 2.11. The summed E-state index contributed by atoms with van der Waals surface area (Å²) in [5.74, 6) is 1.14. The van der Waals surface area contributed by atoms with E-state index in [4.69, 9.17) is 0 Å². The number of amides is 1. The molecule has 0 aliphatic carbocycles. The monoisotopic (exact) mass is 219 g/mol. The van der Waals surface area contributed by atoms with Crippen LogP contribution in [-0.4, -0.2) is 5.91 Å². The van der Waals surface area contributed by atoms with E-state index in [1.165, 1.54) is 0 Å². The summed E-state index contributed by atoms with van der Waals surface area (Å²) in [6.45, 7) is 7.04. The zero-order chi connectivity index (χ0) is 12.0. The van der Waals surface area contributed by atoms with Crippen LogP contribution in [0.3, 0.4) is 0 Å². The third kappa shape index (κ3) is 4.47. The number of benzene rings is 1. The van der Waals surface area contributed by atoms with Gasteiger partial charge in [-0.2, -0.15) is 0 Å². The summed E-state index contributed by atoms with van der Waals surface area (Å²) < 4.78 is 0. The van der Waals surface area contributed by atoms with Crippen LogP contribution in [0, 0.1) is 11.8 Å². The number of rotatable bonds is 5. The first-order valence-electron chi connectivity index (χ1n) is 5.90. The lowest BCUT2D eigenvalue weighted by molar-refractivity contribution is -0.122. The summed E-state index contributed by atoms with van der Waals surface area (Å²) in [4.78, 5) is 11.6. The molecular weight excluding hydrogens is 198 g/mol. The molecule has 1 aromatic rings. The number of hydrogen-bond acceptors (Lipinski definition) is 1. The number of carbonyl (C=O) groups is 1. The minimum absolute atomic E-state index is 0.144. The summed E-state index contributed by atoms with van der Waals surface area (Å²) >= 11 is 0. The molecule has 1 N–H and O–H groups in total. The van der Waals surface area contributed by atoms with Crippen molar-refractivity contribution in [2.75, 3.05) is 0 Å². The van der Waals surface area contributed by atoms with Crippen molar-refractivity contribution in [1.29, 1.82) is 0 Å². The molecule has 1 atom stereocenters. The Kier molecular flexibility index (Phi) is 5.03. The molecule has 0 spiro atoms. The smallest absolute Gasteiger partial charge is 0.220 e. The van der Waals surface area contributed by atoms with Gasteiger partial charge in [-0.15, -0.1) is 0 Å². The van der Waals surface area contributed by atoms with E-state index in [0.717, 1.165) is 5.56 Å². The summed E-state index contributed by atoms with van der Waals surface area (Å²) in [6, 6.07) is 9.99. The van der Waals surface area contributed by atoms with E-state index in [0.29, 0.717) is 24.8 Å². The maximum Gasteiger partial charge on any atom is 0.220 e. The molecule has 0 bridgehead atoms. The molecule has 16 heavy (non-hydrogen) atoms. The second-order valence-electron chi connectivity index (χ2n) is 4.69. The van der Waals surface area contributed by atoms with Gasteiger partial charge in [0.15, 0.2) is 0 Å². The molecule has 0 radical (unpaired) electrons. The lowest BCUT2D eigenvalue weighted by Gasteiger charge is -2.14. The van der Waals surface area contributed by atoms with E-state index in [1.807, 2.05) is 30.3 Å². The van der Waals surface area contributed by atoms with Gasteiger partial charge in [0.1, 0.15) is 0 Å². The number of nitrogens with one attached hydrogen (secondary N) is 1. The molecule has 0 heterocycles. The average Bonchev–Trinajstić information content (AvgIpc) is 2.27. The highest BCUT2D eigenvalue weighted by molar-refractivity contribution is 5.76. The van der Waals surface area contributed by atoms with Crippen molar-refractivity contribution >= 4 is 5.91 Å². The first-order chi connectivity index (χ1) is 7.59. The second kappa shape index (κ2) is 6.31. The Balaban J connectivity index is 2.31. The van der Waals surface area contributed by atoms with E-state index >= 15 is 0 Å². The van der Waals surface area contributed by atoms with Gasteiger partial charge < -0.3 is 5.32 Å². The lowest BCUT2D eigenvalue weighted by Crippen LogP contribution is -2.25. The average molecular weight is 219 g/mol. The molecule has 2 heteroatoms. The minimum Gasteiger partial charge on any atom is -0.352 e. The molecular formula is C14H21NO. The van der Waals surface area contributed by atoms with Crippen molar-refractivity contribution in [3.8, 4) is 0 Å². The summed E-state index contributed by atoms with van der Waals surface area (Å²) in [5.41, 5.74) is 1.15. The number of hydrogen-bond donors (Lipinski definition) is 1. The Morgan fingerprint density at radius 3 is 2.38 bits per heavy atom. The first-order valence-corrected chi connectivity index (χ1v) is 5.90. The quantitative estimate of drug-likeness (QED) is 0.810. The molecule has 88 valence electrons. The summed E-state index contributed by atoms with van der Waals surface area (Å²) in [7, 11) is 0. The zero-order valence-electron chi connectivity index (χ0n) is 10.4. The van der Waals surface area contributed by atoms with Crippen LogP contribution < -0.4 is 5.32 Å². The van der Waals surface area contributed by atoms with Gasteiger partial charge in [0.25, 0.3) is 0 Å². The Morgan fingerprint density at radius 2 is 1.81 bits per heavy atom. The molecule has 1 amide bonds. The van der Waals surface area contributed by atoms with Gasteiger partial charge in [-0.1, -0.05) is 51.1 Å². The van der Waals surface area contributed by atoms with E-state index < -0.39 is 0 Å². The van der Waals surface area contributed by atoms with Crippen LogP contribution in [0.15, 0.2) is 30.3 Å². The fraction of sp³-hybridized carbons (Fsp3) is 0.500. The van der Waals surface area contributed by atoms with Crippen LogP contribution in [0.1, 0.15) is 32.8 Å². The molecule has 0 aromatic heterocycles. The summed E-state index contributed by atoms with van der Waals surface area (Å²) in [5, 5.41) is 2.95. The Hall–Kier alpha value is -1.31. The van der Waals surface area contributed by atoms with Crippen molar-refractivity contribution in [2.24, 2.45) is 11.8 Å². The molecule has 1 aromatic carbocycles. The van der Waals surface area contributed by atoms with E-state index in [2.05, 4.69) is 26.1 Å². The van der Waals surface area contributed by atoms with Crippen molar-refractivity contribution in [2.45, 2.75) is 33.7 Å². The lowest BCUT2D eigenvalue weighted by atomic mass is 9.94. The molecule has 0 saturated heterocycles. The van der Waals surface area contributed by atoms with Crippen LogP contribution in [-0.2, 0) is 11.3 Å². The molecule has 0 aliphatic rings. The SMILES string of the molecule is CC(C)C(C)CC(=O)NCc1ccccc1. The van der Waals surface area contributed by atoms with Gasteiger partial charge in [-0.25, -0.2) is 0 Å². The van der Waals surface area contributed by atoms with Gasteiger partial charge in [0.05, 0.1) is 0 Å². The fourth-order valence-electron chi connectivity index (χ4n) is 1.40. The maximum atomic E-state index is 11.6. The van der Waals surface area contributed by atoms with E-state index in [9.17, 15) is 4.79 Å². The standard InChI is InChI=1S/C14H21NO/c1-11(2)12(3)9-14(16)15-10-13-7-5-4-6-8-13/h4-8,11-12H,9-10H2,1-3H3,(H,15,16). The van der Waals surface area contributed by atoms with E-state index in [1.54, 1.807) is 0 Å². The van der Waals surface area contributed by atoms with Crippen LogP contribution in [0.4, 0.5) is 0 Å². The molecule has 1 rings (SSSR count). The van der Waals surface area contributed by atoms with Gasteiger partial charge in [0.2, 0.25) is 5.91 Å². The number of carbonyl (C=O) groups excluding carboxylic acids is 1. The predicted molar refractivity (Wildman–Crippen MR) is 66.9 cm³/mol. The maximum absolute atomic E-state index is 11.6. The van der Waals surface area contributed by atoms with Gasteiger partial charge >= 0.3 is 0 Å². The van der Waals surface area contributed by atoms with Gasteiger partial charge in [0, 0.05) is 13.0 Å². The fourth-order valence-corrected chi connectivity index (χ4v) is 1.40. The largest absolute Gasteiger partial charge is 0.352 e. The molecule has 0 aliphatic heterocycles. The first kappa shape index (κ1) is 12.8. The van der Waals surface area contributed by atoms with Crippen molar-refractivity contribution in [3.05, 3.63) is 35.9 Å². The summed E-state index contributed by atoms with van der Waals surface area (Å²) in [6.07, 6.45) is 0.616. The van der Waals surface area contributed by atoms with Crippen molar-refractivity contribution in [3.63, 3.8) is 0 Å². The molecule has 1 unspecified atom stereocenters. The Bertz CT molecular complexity index is 319. The minimum atomic E-state index is 0.144. The van der Waals surface area contributed by atoms with Crippen LogP contribution in [0.25, 0.3) is 0 Å². The van der Waals surface area contributed by atoms with Crippen LogP contribution >= 0.6 is 0 Å². The molecule has 0 saturated carbocycles. The third-order valence-electron chi connectivity index (χ3n) is 2.98. The zero-order valence-corrected chi connectivity index (χ0v) is 10.4. The third-order valence-corrected chi connectivity index (χ3v) is 2.98.